The zero-order valence-electron chi connectivity index (χ0n) is 7.77. The van der Waals surface area contributed by atoms with Crippen LogP contribution in [-0.2, 0) is 11.2 Å². The maximum absolute atomic E-state index is 10.6. The maximum Gasteiger partial charge on any atom is 0.335 e. The first kappa shape index (κ1) is 9.21. The van der Waals surface area contributed by atoms with Crippen LogP contribution in [-0.4, -0.2) is 24.3 Å². The van der Waals surface area contributed by atoms with Gasteiger partial charge in [0, 0.05) is 5.92 Å². The molecular weight excluding hydrogens is 180 g/mol. The van der Waals surface area contributed by atoms with Gasteiger partial charge < -0.3 is 9.84 Å². The summed E-state index contributed by atoms with van der Waals surface area (Å²) in [6.45, 7) is 1.67. The van der Waals surface area contributed by atoms with Crippen molar-refractivity contribution in [2.45, 2.75) is 6.42 Å². The highest BCUT2D eigenvalue weighted by Crippen LogP contribution is 2.17. The Morgan fingerprint density at radius 1 is 1.36 bits per heavy atom. The van der Waals surface area contributed by atoms with Crippen molar-refractivity contribution in [3.05, 3.63) is 35.4 Å². The minimum atomic E-state index is -0.872. The van der Waals surface area contributed by atoms with E-state index in [0.29, 0.717) is 11.5 Å². The molecule has 1 heterocycles. The van der Waals surface area contributed by atoms with Crippen molar-refractivity contribution < 1.29 is 14.6 Å². The Morgan fingerprint density at radius 2 is 2.00 bits per heavy atom. The lowest BCUT2D eigenvalue weighted by Gasteiger charge is -2.25. The third-order valence-electron chi connectivity index (χ3n) is 2.43. The zero-order chi connectivity index (χ0) is 9.97. The van der Waals surface area contributed by atoms with Crippen molar-refractivity contribution in [2.24, 2.45) is 5.92 Å². The Kier molecular flexibility index (Phi) is 2.50. The van der Waals surface area contributed by atoms with Crippen LogP contribution in [0.2, 0.25) is 0 Å². The number of aromatic carboxylic acids is 1. The molecule has 0 atom stereocenters. The van der Waals surface area contributed by atoms with Gasteiger partial charge in [0.15, 0.2) is 0 Å². The summed E-state index contributed by atoms with van der Waals surface area (Å²) in [5, 5.41) is 8.69. The molecule has 14 heavy (non-hydrogen) atoms. The Balaban J connectivity index is 2.01. The predicted octanol–water partition coefficient (Wildman–Crippen LogP) is 1.57. The first-order valence-corrected chi connectivity index (χ1v) is 4.65. The lowest BCUT2D eigenvalue weighted by molar-refractivity contribution is -0.0312. The standard InChI is InChI=1S/C11H12O3/c12-11(13)10-3-1-8(2-4-10)5-9-6-14-7-9/h1-4,9H,5-7H2,(H,12,13). The highest BCUT2D eigenvalue weighted by Gasteiger charge is 2.18. The molecular formula is C11H12O3. The first-order chi connectivity index (χ1) is 6.75. The second-order valence-electron chi connectivity index (χ2n) is 3.61. The summed E-state index contributed by atoms with van der Waals surface area (Å²) in [7, 11) is 0. The van der Waals surface area contributed by atoms with E-state index < -0.39 is 5.97 Å². The molecule has 1 aromatic carbocycles. The largest absolute Gasteiger partial charge is 0.478 e. The highest BCUT2D eigenvalue weighted by molar-refractivity contribution is 5.87. The van der Waals surface area contributed by atoms with Crippen LogP contribution in [0.5, 0.6) is 0 Å². The van der Waals surface area contributed by atoms with Crippen LogP contribution >= 0.6 is 0 Å². The molecule has 1 aliphatic rings. The SMILES string of the molecule is O=C(O)c1ccc(CC2COC2)cc1. The molecule has 1 aliphatic heterocycles. The van der Waals surface area contributed by atoms with Crippen LogP contribution in [0.1, 0.15) is 15.9 Å². The minimum absolute atomic E-state index is 0.346. The Labute approximate surface area is 82.3 Å². The zero-order valence-corrected chi connectivity index (χ0v) is 7.77. The number of benzene rings is 1. The van der Waals surface area contributed by atoms with Gasteiger partial charge in [-0.1, -0.05) is 12.1 Å². The number of carboxylic acids is 1. The molecule has 74 valence electrons. The molecule has 3 heteroatoms. The van der Waals surface area contributed by atoms with Crippen molar-refractivity contribution in [3.8, 4) is 0 Å². The fourth-order valence-corrected chi connectivity index (χ4v) is 1.52. The Morgan fingerprint density at radius 3 is 2.43 bits per heavy atom. The molecule has 0 unspecified atom stereocenters. The van der Waals surface area contributed by atoms with Gasteiger partial charge in [-0.25, -0.2) is 4.79 Å². The van der Waals surface area contributed by atoms with Crippen LogP contribution in [0.4, 0.5) is 0 Å². The van der Waals surface area contributed by atoms with Crippen LogP contribution in [0.15, 0.2) is 24.3 Å². The van der Waals surface area contributed by atoms with Gasteiger partial charge in [-0.2, -0.15) is 0 Å². The van der Waals surface area contributed by atoms with E-state index in [2.05, 4.69) is 0 Å². The molecule has 3 nitrogen and oxygen atoms in total. The molecule has 1 N–H and O–H groups in total. The van der Waals surface area contributed by atoms with Gasteiger partial charge in [0.1, 0.15) is 0 Å². The number of hydrogen-bond acceptors (Lipinski definition) is 2. The van der Waals surface area contributed by atoms with Gasteiger partial charge in [-0.05, 0) is 24.1 Å². The lowest BCUT2D eigenvalue weighted by atomic mass is 9.97. The summed E-state index contributed by atoms with van der Waals surface area (Å²) in [6, 6.07) is 7.05. The fraction of sp³-hybridized carbons (Fsp3) is 0.364. The molecule has 0 aromatic heterocycles. The van der Waals surface area contributed by atoms with E-state index >= 15 is 0 Å². The molecule has 0 spiro atoms. The van der Waals surface area contributed by atoms with E-state index in [0.717, 1.165) is 19.6 Å². The quantitative estimate of drug-likeness (QED) is 0.790. The van der Waals surface area contributed by atoms with Gasteiger partial charge in [0.2, 0.25) is 0 Å². The average Bonchev–Trinajstić information content (AvgIpc) is 2.12. The summed E-state index contributed by atoms with van der Waals surface area (Å²) < 4.78 is 5.07. The van der Waals surface area contributed by atoms with E-state index in [1.54, 1.807) is 12.1 Å². The first-order valence-electron chi connectivity index (χ1n) is 4.65. The Hall–Kier alpha value is -1.35. The molecule has 0 saturated carbocycles. The van der Waals surface area contributed by atoms with Crippen LogP contribution < -0.4 is 0 Å². The summed E-state index contributed by atoms with van der Waals surface area (Å²) >= 11 is 0. The molecule has 1 saturated heterocycles. The third-order valence-corrected chi connectivity index (χ3v) is 2.43. The van der Waals surface area contributed by atoms with Gasteiger partial charge >= 0.3 is 5.97 Å². The molecule has 0 bridgehead atoms. The average molecular weight is 192 g/mol. The summed E-state index contributed by atoms with van der Waals surface area (Å²) in [6.07, 6.45) is 0.986. The smallest absolute Gasteiger partial charge is 0.335 e. The van der Waals surface area contributed by atoms with Gasteiger partial charge in [0.05, 0.1) is 18.8 Å². The number of ether oxygens (including phenoxy) is 1. The van der Waals surface area contributed by atoms with E-state index in [9.17, 15) is 4.79 Å². The van der Waals surface area contributed by atoms with E-state index in [-0.39, 0.29) is 0 Å². The van der Waals surface area contributed by atoms with Crippen LogP contribution in [0.3, 0.4) is 0 Å². The van der Waals surface area contributed by atoms with Crippen molar-refractivity contribution in [2.75, 3.05) is 13.2 Å². The predicted molar refractivity (Wildman–Crippen MR) is 51.4 cm³/mol. The normalized spacial score (nSPS) is 16.3. The minimum Gasteiger partial charge on any atom is -0.478 e. The summed E-state index contributed by atoms with van der Waals surface area (Å²) in [5.41, 5.74) is 1.53. The second-order valence-corrected chi connectivity index (χ2v) is 3.61. The van der Waals surface area contributed by atoms with Crippen molar-refractivity contribution >= 4 is 5.97 Å². The Bertz CT molecular complexity index is 325. The van der Waals surface area contributed by atoms with Crippen molar-refractivity contribution in [3.63, 3.8) is 0 Å². The van der Waals surface area contributed by atoms with Gasteiger partial charge in [0.25, 0.3) is 0 Å². The fourth-order valence-electron chi connectivity index (χ4n) is 1.52. The van der Waals surface area contributed by atoms with E-state index in [1.807, 2.05) is 12.1 Å². The number of carbonyl (C=O) groups is 1. The third kappa shape index (κ3) is 1.93. The number of rotatable bonds is 3. The lowest BCUT2D eigenvalue weighted by Crippen LogP contribution is -2.29. The molecule has 1 aromatic rings. The van der Waals surface area contributed by atoms with E-state index in [1.165, 1.54) is 5.56 Å². The maximum atomic E-state index is 10.6. The highest BCUT2D eigenvalue weighted by atomic mass is 16.5. The topological polar surface area (TPSA) is 46.5 Å². The molecule has 0 amide bonds. The molecule has 1 fully saturated rings. The summed E-state index contributed by atoms with van der Waals surface area (Å²) in [4.78, 5) is 10.6. The number of carboxylic acid groups (broad SMARTS) is 1. The monoisotopic (exact) mass is 192 g/mol. The van der Waals surface area contributed by atoms with Crippen molar-refractivity contribution in [1.82, 2.24) is 0 Å². The molecule has 2 rings (SSSR count). The molecule has 0 aliphatic carbocycles. The van der Waals surface area contributed by atoms with Crippen molar-refractivity contribution in [1.29, 1.82) is 0 Å². The van der Waals surface area contributed by atoms with Crippen LogP contribution in [0, 0.1) is 5.92 Å². The summed E-state index contributed by atoms with van der Waals surface area (Å²) in [5.74, 6) is -0.255. The van der Waals surface area contributed by atoms with Crippen LogP contribution in [0.25, 0.3) is 0 Å². The molecule has 0 radical (unpaired) electrons. The van der Waals surface area contributed by atoms with Gasteiger partial charge in [-0.3, -0.25) is 0 Å². The van der Waals surface area contributed by atoms with Gasteiger partial charge in [-0.15, -0.1) is 0 Å². The number of hydrogen-bond donors (Lipinski definition) is 1. The second kappa shape index (κ2) is 3.80. The van der Waals surface area contributed by atoms with E-state index in [4.69, 9.17) is 9.84 Å².